The van der Waals surface area contributed by atoms with E-state index in [1.807, 2.05) is 36.5 Å². The van der Waals surface area contributed by atoms with Crippen LogP contribution in [0.5, 0.6) is 0 Å². The number of aromatic amines is 1. The number of pyridine rings is 1. The number of fused-ring (bicyclic) bond motifs is 1. The summed E-state index contributed by atoms with van der Waals surface area (Å²) in [4.78, 5) is 7.33. The topological polar surface area (TPSA) is 52.5 Å². The zero-order chi connectivity index (χ0) is 11.7. The SMILES string of the molecule is N#Cc1ccnc2[nH]cc(-c3ccccc3)c12. The number of aromatic nitrogens is 2. The minimum Gasteiger partial charge on any atom is -0.345 e. The summed E-state index contributed by atoms with van der Waals surface area (Å²) < 4.78 is 0. The lowest BCUT2D eigenvalue weighted by Crippen LogP contribution is -1.82. The molecule has 3 aromatic rings. The standard InChI is InChI=1S/C14H9N3/c15-8-11-6-7-16-14-13(11)12(9-17-14)10-4-2-1-3-5-10/h1-7,9H,(H,16,17). The molecule has 0 aliphatic carbocycles. The van der Waals surface area contributed by atoms with E-state index in [9.17, 15) is 0 Å². The van der Waals surface area contributed by atoms with Crippen molar-refractivity contribution in [1.82, 2.24) is 9.97 Å². The molecule has 2 aromatic heterocycles. The van der Waals surface area contributed by atoms with Crippen molar-refractivity contribution < 1.29 is 0 Å². The maximum atomic E-state index is 9.13. The van der Waals surface area contributed by atoms with Gasteiger partial charge in [0.15, 0.2) is 0 Å². The molecule has 80 valence electrons. The zero-order valence-corrected chi connectivity index (χ0v) is 9.01. The third-order valence-corrected chi connectivity index (χ3v) is 2.78. The molecule has 0 saturated carbocycles. The van der Waals surface area contributed by atoms with E-state index in [2.05, 4.69) is 16.0 Å². The van der Waals surface area contributed by atoms with Gasteiger partial charge in [-0.25, -0.2) is 4.98 Å². The molecule has 0 fully saturated rings. The Balaban J connectivity index is 2.36. The molecule has 3 heteroatoms. The Morgan fingerprint density at radius 2 is 1.94 bits per heavy atom. The summed E-state index contributed by atoms with van der Waals surface area (Å²) >= 11 is 0. The van der Waals surface area contributed by atoms with Crippen LogP contribution in [0.2, 0.25) is 0 Å². The van der Waals surface area contributed by atoms with E-state index in [1.165, 1.54) is 0 Å². The van der Waals surface area contributed by atoms with Gasteiger partial charge in [0, 0.05) is 23.3 Å². The first-order chi connectivity index (χ1) is 8.40. The van der Waals surface area contributed by atoms with Crippen LogP contribution in [0.15, 0.2) is 48.8 Å². The molecule has 0 bridgehead atoms. The Hall–Kier alpha value is -2.60. The molecular weight excluding hydrogens is 210 g/mol. The van der Waals surface area contributed by atoms with E-state index < -0.39 is 0 Å². The summed E-state index contributed by atoms with van der Waals surface area (Å²) in [6.07, 6.45) is 3.54. The van der Waals surface area contributed by atoms with Gasteiger partial charge in [0.1, 0.15) is 5.65 Å². The van der Waals surface area contributed by atoms with E-state index in [0.717, 1.165) is 22.2 Å². The van der Waals surface area contributed by atoms with Gasteiger partial charge in [-0.1, -0.05) is 30.3 Å². The maximum absolute atomic E-state index is 9.13. The largest absolute Gasteiger partial charge is 0.345 e. The molecule has 0 saturated heterocycles. The highest BCUT2D eigenvalue weighted by molar-refractivity contribution is 5.97. The Bertz CT molecular complexity index is 705. The lowest BCUT2D eigenvalue weighted by atomic mass is 10.0. The van der Waals surface area contributed by atoms with Gasteiger partial charge in [-0.3, -0.25) is 0 Å². The Morgan fingerprint density at radius 1 is 1.12 bits per heavy atom. The first-order valence-electron chi connectivity index (χ1n) is 5.32. The number of benzene rings is 1. The second-order valence-electron chi connectivity index (χ2n) is 3.76. The summed E-state index contributed by atoms with van der Waals surface area (Å²) in [5, 5.41) is 10.0. The van der Waals surface area contributed by atoms with E-state index >= 15 is 0 Å². The van der Waals surface area contributed by atoms with E-state index in [-0.39, 0.29) is 0 Å². The summed E-state index contributed by atoms with van der Waals surface area (Å²) in [5.41, 5.74) is 3.51. The molecule has 1 aromatic carbocycles. The molecule has 0 spiro atoms. The van der Waals surface area contributed by atoms with Gasteiger partial charge in [0.2, 0.25) is 0 Å². The highest BCUT2D eigenvalue weighted by Gasteiger charge is 2.10. The lowest BCUT2D eigenvalue weighted by Gasteiger charge is -1.99. The molecular formula is C14H9N3. The van der Waals surface area contributed by atoms with E-state index in [4.69, 9.17) is 5.26 Å². The molecule has 17 heavy (non-hydrogen) atoms. The first-order valence-corrected chi connectivity index (χ1v) is 5.32. The van der Waals surface area contributed by atoms with Crippen molar-refractivity contribution >= 4 is 11.0 Å². The fraction of sp³-hybridized carbons (Fsp3) is 0. The zero-order valence-electron chi connectivity index (χ0n) is 9.01. The van der Waals surface area contributed by atoms with E-state index in [0.29, 0.717) is 5.56 Å². The van der Waals surface area contributed by atoms with Crippen molar-refractivity contribution in [3.05, 3.63) is 54.4 Å². The predicted molar refractivity (Wildman–Crippen MR) is 66.2 cm³/mol. The molecule has 3 nitrogen and oxygen atoms in total. The highest BCUT2D eigenvalue weighted by Crippen LogP contribution is 2.29. The average Bonchev–Trinajstić information content (AvgIpc) is 2.83. The van der Waals surface area contributed by atoms with Gasteiger partial charge in [-0.15, -0.1) is 0 Å². The number of H-pyrrole nitrogens is 1. The fourth-order valence-electron chi connectivity index (χ4n) is 2.00. The van der Waals surface area contributed by atoms with Crippen molar-refractivity contribution in [2.24, 2.45) is 0 Å². The summed E-state index contributed by atoms with van der Waals surface area (Å²) in [7, 11) is 0. The number of hydrogen-bond acceptors (Lipinski definition) is 2. The van der Waals surface area contributed by atoms with Gasteiger partial charge in [0.25, 0.3) is 0 Å². The quantitative estimate of drug-likeness (QED) is 0.683. The van der Waals surface area contributed by atoms with Gasteiger partial charge in [-0.2, -0.15) is 5.26 Å². The normalized spacial score (nSPS) is 10.3. The Kier molecular flexibility index (Phi) is 2.13. The second kappa shape index (κ2) is 3.76. The Labute approximate surface area is 98.4 Å². The van der Waals surface area contributed by atoms with Crippen LogP contribution in [-0.4, -0.2) is 9.97 Å². The van der Waals surface area contributed by atoms with Crippen LogP contribution in [0.4, 0.5) is 0 Å². The lowest BCUT2D eigenvalue weighted by molar-refractivity contribution is 1.32. The summed E-state index contributed by atoms with van der Waals surface area (Å²) in [6, 6.07) is 13.9. The molecule has 0 aliphatic heterocycles. The monoisotopic (exact) mass is 219 g/mol. The predicted octanol–water partition coefficient (Wildman–Crippen LogP) is 3.10. The van der Waals surface area contributed by atoms with E-state index in [1.54, 1.807) is 12.3 Å². The smallest absolute Gasteiger partial charge is 0.139 e. The van der Waals surface area contributed by atoms with Crippen LogP contribution < -0.4 is 0 Å². The molecule has 0 aliphatic rings. The second-order valence-corrected chi connectivity index (χ2v) is 3.76. The molecule has 0 radical (unpaired) electrons. The molecule has 1 N–H and O–H groups in total. The molecule has 2 heterocycles. The van der Waals surface area contributed by atoms with Crippen molar-refractivity contribution in [1.29, 1.82) is 5.26 Å². The molecule has 0 unspecified atom stereocenters. The van der Waals surface area contributed by atoms with Gasteiger partial charge in [0.05, 0.1) is 11.6 Å². The number of rotatable bonds is 1. The Morgan fingerprint density at radius 3 is 2.71 bits per heavy atom. The van der Waals surface area contributed by atoms with Crippen molar-refractivity contribution in [3.63, 3.8) is 0 Å². The highest BCUT2D eigenvalue weighted by atomic mass is 14.8. The molecule has 3 rings (SSSR count). The van der Waals surface area contributed by atoms with Crippen LogP contribution in [-0.2, 0) is 0 Å². The third-order valence-electron chi connectivity index (χ3n) is 2.78. The number of nitrogens with one attached hydrogen (secondary N) is 1. The fourth-order valence-corrected chi connectivity index (χ4v) is 2.00. The van der Waals surface area contributed by atoms with Crippen molar-refractivity contribution in [2.45, 2.75) is 0 Å². The van der Waals surface area contributed by atoms with Crippen LogP contribution in [0.1, 0.15) is 5.56 Å². The van der Waals surface area contributed by atoms with Crippen LogP contribution in [0.3, 0.4) is 0 Å². The minimum atomic E-state index is 0.648. The van der Waals surface area contributed by atoms with Crippen LogP contribution in [0.25, 0.3) is 22.2 Å². The van der Waals surface area contributed by atoms with Gasteiger partial charge < -0.3 is 4.98 Å². The van der Waals surface area contributed by atoms with Crippen LogP contribution >= 0.6 is 0 Å². The van der Waals surface area contributed by atoms with Crippen molar-refractivity contribution in [3.8, 4) is 17.2 Å². The van der Waals surface area contributed by atoms with Crippen molar-refractivity contribution in [2.75, 3.05) is 0 Å². The minimum absolute atomic E-state index is 0.648. The number of nitriles is 1. The average molecular weight is 219 g/mol. The van der Waals surface area contributed by atoms with Crippen LogP contribution in [0, 0.1) is 11.3 Å². The first kappa shape index (κ1) is 9.61. The third kappa shape index (κ3) is 1.47. The van der Waals surface area contributed by atoms with Gasteiger partial charge >= 0.3 is 0 Å². The summed E-state index contributed by atoms with van der Waals surface area (Å²) in [5.74, 6) is 0. The number of hydrogen-bond donors (Lipinski definition) is 1. The molecule has 0 atom stereocenters. The molecule has 0 amide bonds. The number of nitrogens with zero attached hydrogens (tertiary/aromatic N) is 2. The maximum Gasteiger partial charge on any atom is 0.139 e. The van der Waals surface area contributed by atoms with Gasteiger partial charge in [-0.05, 0) is 11.6 Å². The summed E-state index contributed by atoms with van der Waals surface area (Å²) in [6.45, 7) is 0.